The first-order chi connectivity index (χ1) is 17.6. The van der Waals surface area contributed by atoms with Crippen LogP contribution in [0.1, 0.15) is 45.2 Å². The van der Waals surface area contributed by atoms with E-state index in [9.17, 15) is 26.7 Å². The molecule has 1 fully saturated rings. The van der Waals surface area contributed by atoms with Crippen LogP contribution in [0.2, 0.25) is 0 Å². The second-order valence-electron chi connectivity index (χ2n) is 8.51. The standard InChI is InChI=1S/C23H23F5N6O2S/c1-13-21(17(37-33-13)7-15-9-30-18(10-29-15)23(26,27)28)22(35)32-14-4-5-20(31-8-14)36-16-3-2-6-34(11-16)12-19(24)25/h4-5,8-10,16,19H,2-3,6-7,11-12H2,1H3,(H,32,35)/t16-/m0/s1. The lowest BCUT2D eigenvalue weighted by Crippen LogP contribution is -2.43. The molecule has 37 heavy (non-hydrogen) atoms. The van der Waals surface area contributed by atoms with Crippen molar-refractivity contribution >= 4 is 23.1 Å². The number of amides is 1. The predicted molar refractivity (Wildman–Crippen MR) is 125 cm³/mol. The third-order valence-electron chi connectivity index (χ3n) is 5.64. The van der Waals surface area contributed by atoms with Crippen molar-refractivity contribution in [2.75, 3.05) is 25.0 Å². The van der Waals surface area contributed by atoms with E-state index in [2.05, 4.69) is 24.6 Å². The van der Waals surface area contributed by atoms with E-state index in [-0.39, 0.29) is 24.8 Å². The second kappa shape index (κ2) is 11.4. The number of aryl methyl sites for hydroxylation is 1. The number of carbonyl (C=O) groups is 1. The number of pyridine rings is 1. The molecule has 1 atom stereocenters. The Morgan fingerprint density at radius 1 is 1.22 bits per heavy atom. The summed E-state index contributed by atoms with van der Waals surface area (Å²) >= 11 is 1.06. The van der Waals surface area contributed by atoms with Crippen molar-refractivity contribution in [2.45, 2.75) is 44.9 Å². The number of rotatable bonds is 8. The molecular weight excluding hydrogens is 519 g/mol. The van der Waals surface area contributed by atoms with Gasteiger partial charge in [0, 0.05) is 30.1 Å². The number of nitrogens with one attached hydrogen (secondary N) is 1. The predicted octanol–water partition coefficient (Wildman–Crippen LogP) is 4.61. The van der Waals surface area contributed by atoms with Gasteiger partial charge in [0.15, 0.2) is 5.69 Å². The fourth-order valence-electron chi connectivity index (χ4n) is 3.94. The average molecular weight is 543 g/mol. The summed E-state index contributed by atoms with van der Waals surface area (Å²) in [6.45, 7) is 2.36. The molecule has 0 radical (unpaired) electrons. The summed E-state index contributed by atoms with van der Waals surface area (Å²) < 4.78 is 73.5. The molecule has 0 aliphatic carbocycles. The maximum absolute atomic E-state index is 13.0. The van der Waals surface area contributed by atoms with Gasteiger partial charge in [0.2, 0.25) is 5.88 Å². The quantitative estimate of drug-likeness (QED) is 0.416. The fraction of sp³-hybridized carbons (Fsp3) is 0.435. The van der Waals surface area contributed by atoms with Gasteiger partial charge in [-0.25, -0.2) is 18.7 Å². The third-order valence-corrected chi connectivity index (χ3v) is 6.57. The van der Waals surface area contributed by atoms with Crippen LogP contribution in [0.3, 0.4) is 0 Å². The number of piperidine rings is 1. The summed E-state index contributed by atoms with van der Waals surface area (Å²) in [5, 5.41) is 2.73. The molecule has 14 heteroatoms. The summed E-state index contributed by atoms with van der Waals surface area (Å²) in [4.78, 5) is 26.6. The minimum absolute atomic E-state index is 0.0917. The van der Waals surface area contributed by atoms with E-state index in [0.29, 0.717) is 47.0 Å². The third kappa shape index (κ3) is 7.16. The highest BCUT2D eigenvalue weighted by Gasteiger charge is 2.33. The number of carbonyl (C=O) groups excluding carboxylic acids is 1. The maximum atomic E-state index is 13.0. The fourth-order valence-corrected chi connectivity index (χ4v) is 4.83. The monoisotopic (exact) mass is 542 g/mol. The molecule has 3 aromatic heterocycles. The minimum Gasteiger partial charge on any atom is -0.473 e. The highest BCUT2D eigenvalue weighted by Crippen LogP contribution is 2.28. The van der Waals surface area contributed by atoms with E-state index in [4.69, 9.17) is 4.74 Å². The van der Waals surface area contributed by atoms with E-state index < -0.39 is 24.2 Å². The molecule has 1 aliphatic rings. The van der Waals surface area contributed by atoms with Crippen LogP contribution in [-0.4, -0.2) is 62.3 Å². The molecule has 0 spiro atoms. The summed E-state index contributed by atoms with van der Waals surface area (Å²) in [7, 11) is 0. The van der Waals surface area contributed by atoms with Gasteiger partial charge in [0.25, 0.3) is 12.3 Å². The minimum atomic E-state index is -4.59. The number of nitrogens with zero attached hydrogens (tertiary/aromatic N) is 5. The highest BCUT2D eigenvalue weighted by atomic mass is 32.1. The maximum Gasteiger partial charge on any atom is 0.434 e. The molecule has 1 N–H and O–H groups in total. The molecule has 1 saturated heterocycles. The van der Waals surface area contributed by atoms with Crippen molar-refractivity contribution in [1.29, 1.82) is 0 Å². The molecule has 1 aliphatic heterocycles. The molecule has 4 heterocycles. The van der Waals surface area contributed by atoms with Crippen molar-refractivity contribution in [3.05, 3.63) is 58.2 Å². The molecule has 0 saturated carbocycles. The van der Waals surface area contributed by atoms with Crippen LogP contribution in [0.5, 0.6) is 5.88 Å². The largest absolute Gasteiger partial charge is 0.473 e. The lowest BCUT2D eigenvalue weighted by atomic mass is 10.1. The zero-order chi connectivity index (χ0) is 26.6. The van der Waals surface area contributed by atoms with Gasteiger partial charge in [-0.1, -0.05) is 0 Å². The van der Waals surface area contributed by atoms with Crippen LogP contribution >= 0.6 is 11.5 Å². The molecule has 0 bridgehead atoms. The number of likely N-dealkylation sites (tertiary alicyclic amines) is 1. The van der Waals surface area contributed by atoms with Gasteiger partial charge in [-0.2, -0.15) is 17.5 Å². The Bertz CT molecular complexity index is 1200. The van der Waals surface area contributed by atoms with Crippen LogP contribution in [0.15, 0.2) is 30.7 Å². The normalized spacial score (nSPS) is 16.7. The number of halogens is 5. The zero-order valence-electron chi connectivity index (χ0n) is 19.6. The Hall–Kier alpha value is -3.26. The summed E-state index contributed by atoms with van der Waals surface area (Å²) in [6.07, 6.45) is -2.56. The number of aromatic nitrogens is 4. The first-order valence-corrected chi connectivity index (χ1v) is 12.1. The van der Waals surface area contributed by atoms with Crippen molar-refractivity contribution in [2.24, 2.45) is 0 Å². The van der Waals surface area contributed by atoms with E-state index in [1.807, 2.05) is 0 Å². The molecule has 3 aromatic rings. The molecule has 198 valence electrons. The van der Waals surface area contributed by atoms with E-state index >= 15 is 0 Å². The van der Waals surface area contributed by atoms with E-state index in [0.717, 1.165) is 30.6 Å². The molecule has 1 amide bonds. The van der Waals surface area contributed by atoms with Gasteiger partial charge >= 0.3 is 6.18 Å². The van der Waals surface area contributed by atoms with Crippen LogP contribution in [0.25, 0.3) is 0 Å². The van der Waals surface area contributed by atoms with Gasteiger partial charge in [0.1, 0.15) is 6.10 Å². The molecule has 0 unspecified atom stereocenters. The number of hydrogen-bond donors (Lipinski definition) is 1. The van der Waals surface area contributed by atoms with Gasteiger partial charge < -0.3 is 10.1 Å². The molecular formula is C23H23F5N6O2S. The number of anilines is 1. The van der Waals surface area contributed by atoms with E-state index in [1.165, 1.54) is 6.20 Å². The van der Waals surface area contributed by atoms with Crippen molar-refractivity contribution < 1.29 is 31.5 Å². The van der Waals surface area contributed by atoms with Gasteiger partial charge in [-0.3, -0.25) is 14.7 Å². The highest BCUT2D eigenvalue weighted by molar-refractivity contribution is 7.06. The Morgan fingerprint density at radius 2 is 2.03 bits per heavy atom. The van der Waals surface area contributed by atoms with Crippen molar-refractivity contribution in [3.63, 3.8) is 0 Å². The Balaban J connectivity index is 1.37. The van der Waals surface area contributed by atoms with Crippen molar-refractivity contribution in [3.8, 4) is 5.88 Å². The van der Waals surface area contributed by atoms with Crippen molar-refractivity contribution in [1.82, 2.24) is 24.2 Å². The lowest BCUT2D eigenvalue weighted by molar-refractivity contribution is -0.141. The van der Waals surface area contributed by atoms with Gasteiger partial charge in [-0.05, 0) is 43.9 Å². The van der Waals surface area contributed by atoms with Gasteiger partial charge in [-0.15, -0.1) is 0 Å². The Morgan fingerprint density at radius 3 is 2.68 bits per heavy atom. The summed E-state index contributed by atoms with van der Waals surface area (Å²) in [6, 6.07) is 3.19. The smallest absolute Gasteiger partial charge is 0.434 e. The van der Waals surface area contributed by atoms with Crippen LogP contribution in [-0.2, 0) is 12.6 Å². The van der Waals surface area contributed by atoms with Crippen LogP contribution in [0, 0.1) is 6.92 Å². The Kier molecular flexibility index (Phi) is 8.27. The first-order valence-electron chi connectivity index (χ1n) is 11.4. The number of ether oxygens (including phenoxy) is 1. The average Bonchev–Trinajstić information content (AvgIpc) is 3.20. The summed E-state index contributed by atoms with van der Waals surface area (Å²) in [5.41, 5.74) is 0.336. The molecule has 0 aromatic carbocycles. The van der Waals surface area contributed by atoms with Crippen LogP contribution in [0.4, 0.5) is 27.6 Å². The molecule has 8 nitrogen and oxygen atoms in total. The summed E-state index contributed by atoms with van der Waals surface area (Å²) in [5.74, 6) is -0.136. The zero-order valence-corrected chi connectivity index (χ0v) is 20.5. The first kappa shape index (κ1) is 26.8. The SMILES string of the molecule is Cc1nsc(Cc2cnc(C(F)(F)F)cn2)c1C(=O)Nc1ccc(O[C@H]2CCCN(CC(F)F)C2)nc1. The Labute approximate surface area is 213 Å². The van der Waals surface area contributed by atoms with E-state index in [1.54, 1.807) is 24.0 Å². The lowest BCUT2D eigenvalue weighted by Gasteiger charge is -2.32. The number of alkyl halides is 5. The topological polar surface area (TPSA) is 93.1 Å². The molecule has 4 rings (SSSR count). The van der Waals surface area contributed by atoms with Gasteiger partial charge in [0.05, 0.1) is 41.6 Å². The van der Waals surface area contributed by atoms with Crippen LogP contribution < -0.4 is 10.1 Å². The number of hydrogen-bond acceptors (Lipinski definition) is 8. The second-order valence-corrected chi connectivity index (χ2v) is 9.36.